The van der Waals surface area contributed by atoms with Gasteiger partial charge in [-0.3, -0.25) is 0 Å². The average Bonchev–Trinajstić information content (AvgIpc) is 2.30. The Labute approximate surface area is 74.8 Å². The lowest BCUT2D eigenvalue weighted by Crippen LogP contribution is -1.91. The van der Waals surface area contributed by atoms with Crippen molar-refractivity contribution in [3.8, 4) is 0 Å². The summed E-state index contributed by atoms with van der Waals surface area (Å²) in [4.78, 5) is 10.9. The molecule has 3 N–H and O–H groups in total. The molecule has 66 valence electrons. The van der Waals surface area contributed by atoms with Gasteiger partial charge in [-0.15, -0.1) is 11.3 Å². The molecule has 1 heterocycles. The fraction of sp³-hybridized carbons (Fsp3) is 0.375. The second kappa shape index (κ2) is 3.15. The van der Waals surface area contributed by atoms with Crippen LogP contribution in [0.15, 0.2) is 6.07 Å². The minimum Gasteiger partial charge on any atom is -0.477 e. The minimum atomic E-state index is -0.904. The molecule has 0 radical (unpaired) electrons. The van der Waals surface area contributed by atoms with Gasteiger partial charge >= 0.3 is 5.97 Å². The molecular weight excluding hydrogens is 174 g/mol. The zero-order valence-corrected chi connectivity index (χ0v) is 7.81. The topological polar surface area (TPSA) is 63.3 Å². The summed E-state index contributed by atoms with van der Waals surface area (Å²) in [5.74, 6) is -0.618. The molecule has 0 aliphatic rings. The maximum Gasteiger partial charge on any atom is 0.345 e. The standard InChI is InChI=1S/C8H11NO2S/c1-4(2)5-3-6(8(10)11)12-7(5)9/h3-4H,9H2,1-2H3,(H,10,11). The van der Waals surface area contributed by atoms with E-state index >= 15 is 0 Å². The Morgan fingerprint density at radius 3 is 2.50 bits per heavy atom. The molecule has 0 amide bonds. The Balaban J connectivity index is 3.09. The number of nitrogen functional groups attached to an aromatic ring is 1. The number of nitrogens with two attached hydrogens (primary N) is 1. The maximum atomic E-state index is 10.5. The molecule has 0 aromatic carbocycles. The molecule has 12 heavy (non-hydrogen) atoms. The SMILES string of the molecule is CC(C)c1cc(C(=O)O)sc1N. The lowest BCUT2D eigenvalue weighted by Gasteiger charge is -2.00. The van der Waals surface area contributed by atoms with Crippen LogP contribution in [0.25, 0.3) is 0 Å². The van der Waals surface area contributed by atoms with Gasteiger partial charge in [-0.2, -0.15) is 0 Å². The molecule has 0 aliphatic carbocycles. The van der Waals surface area contributed by atoms with E-state index in [0.717, 1.165) is 16.9 Å². The quantitative estimate of drug-likeness (QED) is 0.742. The molecular formula is C8H11NO2S. The summed E-state index contributed by atoms with van der Waals surface area (Å²) in [5, 5.41) is 9.27. The monoisotopic (exact) mass is 185 g/mol. The van der Waals surface area contributed by atoms with Gasteiger partial charge in [0, 0.05) is 0 Å². The lowest BCUT2D eigenvalue weighted by molar-refractivity contribution is 0.0702. The van der Waals surface area contributed by atoms with Gasteiger partial charge in [-0.25, -0.2) is 4.79 Å². The first-order chi connectivity index (χ1) is 5.52. The lowest BCUT2D eigenvalue weighted by atomic mass is 10.1. The van der Waals surface area contributed by atoms with Crippen molar-refractivity contribution in [3.63, 3.8) is 0 Å². The first kappa shape index (κ1) is 9.06. The van der Waals surface area contributed by atoms with Crippen molar-refractivity contribution >= 4 is 22.3 Å². The van der Waals surface area contributed by atoms with Gasteiger partial charge < -0.3 is 10.8 Å². The van der Waals surface area contributed by atoms with Crippen molar-refractivity contribution in [1.82, 2.24) is 0 Å². The molecule has 0 saturated heterocycles. The zero-order chi connectivity index (χ0) is 9.30. The third-order valence-corrected chi connectivity index (χ3v) is 2.59. The van der Waals surface area contributed by atoms with Gasteiger partial charge in [0.25, 0.3) is 0 Å². The number of carboxylic acids is 1. The second-order valence-corrected chi connectivity index (χ2v) is 3.97. The molecule has 0 atom stereocenters. The predicted octanol–water partition coefficient (Wildman–Crippen LogP) is 2.15. The van der Waals surface area contributed by atoms with Crippen LogP contribution in [0.4, 0.5) is 5.00 Å². The summed E-state index contributed by atoms with van der Waals surface area (Å²) in [6, 6.07) is 1.65. The molecule has 4 heteroatoms. The van der Waals surface area contributed by atoms with Crippen LogP contribution in [0.1, 0.15) is 35.0 Å². The van der Waals surface area contributed by atoms with Gasteiger partial charge in [0.1, 0.15) is 4.88 Å². The number of hydrogen-bond acceptors (Lipinski definition) is 3. The minimum absolute atomic E-state index is 0.286. The third-order valence-electron chi connectivity index (χ3n) is 1.62. The van der Waals surface area contributed by atoms with Crippen molar-refractivity contribution in [1.29, 1.82) is 0 Å². The molecule has 0 unspecified atom stereocenters. The van der Waals surface area contributed by atoms with E-state index in [1.165, 1.54) is 0 Å². The molecule has 3 nitrogen and oxygen atoms in total. The number of carboxylic acid groups (broad SMARTS) is 1. The van der Waals surface area contributed by atoms with Crippen molar-refractivity contribution in [2.75, 3.05) is 5.73 Å². The molecule has 1 aromatic heterocycles. The van der Waals surface area contributed by atoms with E-state index in [1.54, 1.807) is 6.07 Å². The summed E-state index contributed by atoms with van der Waals surface area (Å²) < 4.78 is 0. The van der Waals surface area contributed by atoms with Gasteiger partial charge in [-0.1, -0.05) is 13.8 Å². The molecule has 0 spiro atoms. The van der Waals surface area contributed by atoms with Crippen LogP contribution in [0.5, 0.6) is 0 Å². The highest BCUT2D eigenvalue weighted by Crippen LogP contribution is 2.30. The van der Waals surface area contributed by atoms with Crippen LogP contribution < -0.4 is 5.73 Å². The highest BCUT2D eigenvalue weighted by Gasteiger charge is 2.13. The van der Waals surface area contributed by atoms with E-state index in [4.69, 9.17) is 10.8 Å². The summed E-state index contributed by atoms with van der Waals surface area (Å²) in [5.41, 5.74) is 6.56. The predicted molar refractivity (Wildman–Crippen MR) is 49.8 cm³/mol. The van der Waals surface area contributed by atoms with Crippen LogP contribution in [0.2, 0.25) is 0 Å². The second-order valence-electron chi connectivity index (χ2n) is 2.89. The molecule has 0 bridgehead atoms. The largest absolute Gasteiger partial charge is 0.477 e. The van der Waals surface area contributed by atoms with Gasteiger partial charge in [0.15, 0.2) is 0 Å². The average molecular weight is 185 g/mol. The van der Waals surface area contributed by atoms with Crippen LogP contribution in [0.3, 0.4) is 0 Å². The Hall–Kier alpha value is -1.03. The third kappa shape index (κ3) is 1.58. The van der Waals surface area contributed by atoms with Crippen molar-refractivity contribution in [3.05, 3.63) is 16.5 Å². The molecule has 0 fully saturated rings. The van der Waals surface area contributed by atoms with Gasteiger partial charge in [0.2, 0.25) is 0 Å². The van der Waals surface area contributed by atoms with Crippen LogP contribution >= 0.6 is 11.3 Å². The maximum absolute atomic E-state index is 10.5. The number of thiophene rings is 1. The zero-order valence-electron chi connectivity index (χ0n) is 7.00. The number of hydrogen-bond donors (Lipinski definition) is 2. The number of carbonyl (C=O) groups is 1. The fourth-order valence-electron chi connectivity index (χ4n) is 0.976. The van der Waals surface area contributed by atoms with Crippen LogP contribution in [-0.2, 0) is 0 Å². The number of rotatable bonds is 2. The smallest absolute Gasteiger partial charge is 0.345 e. The highest BCUT2D eigenvalue weighted by molar-refractivity contribution is 7.17. The summed E-state index contributed by atoms with van der Waals surface area (Å²) in [6.07, 6.45) is 0. The fourth-order valence-corrected chi connectivity index (χ4v) is 1.90. The summed E-state index contributed by atoms with van der Waals surface area (Å²) in [7, 11) is 0. The van der Waals surface area contributed by atoms with Crippen molar-refractivity contribution in [2.45, 2.75) is 19.8 Å². The molecule has 0 saturated carbocycles. The first-order valence-electron chi connectivity index (χ1n) is 3.65. The van der Waals surface area contributed by atoms with Gasteiger partial charge in [0.05, 0.1) is 5.00 Å². The Kier molecular flexibility index (Phi) is 2.38. The Morgan fingerprint density at radius 1 is 1.67 bits per heavy atom. The van der Waals surface area contributed by atoms with E-state index in [2.05, 4.69) is 0 Å². The first-order valence-corrected chi connectivity index (χ1v) is 4.46. The Morgan fingerprint density at radius 2 is 2.25 bits per heavy atom. The molecule has 1 aromatic rings. The van der Waals surface area contributed by atoms with E-state index < -0.39 is 5.97 Å². The van der Waals surface area contributed by atoms with E-state index in [9.17, 15) is 4.79 Å². The Bertz CT molecular complexity index is 304. The van der Waals surface area contributed by atoms with E-state index in [0.29, 0.717) is 9.88 Å². The number of aromatic carboxylic acids is 1. The normalized spacial score (nSPS) is 10.6. The summed E-state index contributed by atoms with van der Waals surface area (Å²) in [6.45, 7) is 3.98. The van der Waals surface area contributed by atoms with E-state index in [1.807, 2.05) is 13.8 Å². The van der Waals surface area contributed by atoms with Crippen LogP contribution in [0, 0.1) is 0 Å². The van der Waals surface area contributed by atoms with Crippen LogP contribution in [-0.4, -0.2) is 11.1 Å². The molecule has 0 aliphatic heterocycles. The van der Waals surface area contributed by atoms with Crippen molar-refractivity contribution < 1.29 is 9.90 Å². The molecule has 1 rings (SSSR count). The van der Waals surface area contributed by atoms with Gasteiger partial charge in [-0.05, 0) is 17.5 Å². The number of anilines is 1. The van der Waals surface area contributed by atoms with E-state index in [-0.39, 0.29) is 5.92 Å². The van der Waals surface area contributed by atoms with Crippen molar-refractivity contribution in [2.24, 2.45) is 0 Å². The summed E-state index contributed by atoms with van der Waals surface area (Å²) >= 11 is 1.13. The highest BCUT2D eigenvalue weighted by atomic mass is 32.1.